The van der Waals surface area contributed by atoms with Gasteiger partial charge in [-0.25, -0.2) is 8.42 Å². The summed E-state index contributed by atoms with van der Waals surface area (Å²) >= 11 is 1.24. The van der Waals surface area contributed by atoms with E-state index >= 15 is 0 Å². The number of rotatable bonds is 5. The van der Waals surface area contributed by atoms with Crippen LogP contribution in [0.1, 0.15) is 30.7 Å². The fraction of sp³-hybridized carbons (Fsp3) is 0.476. The molecule has 6 nitrogen and oxygen atoms in total. The highest BCUT2D eigenvalue weighted by molar-refractivity contribution is 7.91. The summed E-state index contributed by atoms with van der Waals surface area (Å²) < 4.78 is 32.4. The summed E-state index contributed by atoms with van der Waals surface area (Å²) in [5, 5.41) is 1.77. The number of thiophene rings is 1. The number of hydrogen-bond acceptors (Lipinski definition) is 5. The predicted octanol–water partition coefficient (Wildman–Crippen LogP) is 3.17. The second-order valence-electron chi connectivity index (χ2n) is 7.65. The zero-order valence-electron chi connectivity index (χ0n) is 16.5. The number of benzene rings is 1. The molecule has 29 heavy (non-hydrogen) atoms. The highest BCUT2D eigenvalue weighted by Crippen LogP contribution is 2.32. The van der Waals surface area contributed by atoms with Crippen LogP contribution in [0.3, 0.4) is 0 Å². The van der Waals surface area contributed by atoms with Gasteiger partial charge in [0.25, 0.3) is 10.0 Å². The van der Waals surface area contributed by atoms with E-state index < -0.39 is 10.0 Å². The van der Waals surface area contributed by atoms with Crippen molar-refractivity contribution >= 4 is 27.3 Å². The predicted molar refractivity (Wildman–Crippen MR) is 113 cm³/mol. The third kappa shape index (κ3) is 4.20. The van der Waals surface area contributed by atoms with Gasteiger partial charge in [0, 0.05) is 38.0 Å². The Kier molecular flexibility index (Phi) is 5.94. The van der Waals surface area contributed by atoms with E-state index in [2.05, 4.69) is 12.1 Å². The van der Waals surface area contributed by atoms with Crippen LogP contribution < -0.4 is 4.74 Å². The number of methoxy groups -OCH3 is 1. The summed E-state index contributed by atoms with van der Waals surface area (Å²) in [4.78, 5) is 15.0. The highest BCUT2D eigenvalue weighted by atomic mass is 32.2. The number of amides is 1. The van der Waals surface area contributed by atoms with Crippen molar-refractivity contribution in [3.8, 4) is 5.75 Å². The van der Waals surface area contributed by atoms with Crippen molar-refractivity contribution in [3.63, 3.8) is 0 Å². The zero-order chi connectivity index (χ0) is 20.4. The summed E-state index contributed by atoms with van der Waals surface area (Å²) in [5.41, 5.74) is 1.23. The summed E-state index contributed by atoms with van der Waals surface area (Å²) in [6.07, 6.45) is 2.14. The quantitative estimate of drug-likeness (QED) is 0.725. The standard InChI is InChI=1S/C21H26N2O4S2/c1-27-19-6-4-16(5-7-19)18-8-11-22(15-18)21(24)17-9-12-23(13-10-17)29(25,26)20-3-2-14-28-20/h2-7,14,17-18H,8-13,15H2,1H3. The molecule has 2 aliphatic heterocycles. The van der Waals surface area contributed by atoms with E-state index in [9.17, 15) is 13.2 Å². The van der Waals surface area contributed by atoms with Gasteiger partial charge < -0.3 is 9.64 Å². The molecule has 0 saturated carbocycles. The molecule has 1 aromatic carbocycles. The summed E-state index contributed by atoms with van der Waals surface area (Å²) in [5.74, 6) is 1.28. The Bertz CT molecular complexity index is 934. The van der Waals surface area contributed by atoms with E-state index in [1.807, 2.05) is 17.0 Å². The van der Waals surface area contributed by atoms with E-state index in [4.69, 9.17) is 4.74 Å². The van der Waals surface area contributed by atoms with E-state index in [0.29, 0.717) is 36.1 Å². The molecule has 0 spiro atoms. The van der Waals surface area contributed by atoms with Crippen LogP contribution in [0.25, 0.3) is 0 Å². The Morgan fingerprint density at radius 1 is 1.07 bits per heavy atom. The number of ether oxygens (including phenoxy) is 1. The Morgan fingerprint density at radius 3 is 2.41 bits per heavy atom. The third-order valence-electron chi connectivity index (χ3n) is 5.98. The van der Waals surface area contributed by atoms with Gasteiger partial charge in [0.05, 0.1) is 7.11 Å². The van der Waals surface area contributed by atoms with Crippen molar-refractivity contribution in [2.24, 2.45) is 5.92 Å². The molecule has 156 valence electrons. The average Bonchev–Trinajstić information content (AvgIpc) is 3.46. The molecular formula is C21H26N2O4S2. The minimum absolute atomic E-state index is 0.0839. The first-order valence-corrected chi connectivity index (χ1v) is 12.3. The lowest BCUT2D eigenvalue weighted by Crippen LogP contribution is -2.43. The van der Waals surface area contributed by atoms with E-state index in [0.717, 1.165) is 25.3 Å². The minimum Gasteiger partial charge on any atom is -0.497 e. The largest absolute Gasteiger partial charge is 0.497 e. The lowest BCUT2D eigenvalue weighted by molar-refractivity contribution is -0.135. The van der Waals surface area contributed by atoms with E-state index in [-0.39, 0.29) is 11.8 Å². The van der Waals surface area contributed by atoms with Crippen LogP contribution in [0.15, 0.2) is 46.0 Å². The summed E-state index contributed by atoms with van der Waals surface area (Å²) in [6.45, 7) is 2.32. The van der Waals surface area contributed by atoms with E-state index in [1.165, 1.54) is 21.2 Å². The third-order valence-corrected chi connectivity index (χ3v) is 9.25. The zero-order valence-corrected chi connectivity index (χ0v) is 18.1. The Labute approximate surface area is 176 Å². The molecule has 1 unspecified atom stereocenters. The van der Waals surface area contributed by atoms with Crippen molar-refractivity contribution in [3.05, 3.63) is 47.3 Å². The Balaban J connectivity index is 1.33. The number of carbonyl (C=O) groups excluding carboxylic acids is 1. The monoisotopic (exact) mass is 434 g/mol. The van der Waals surface area contributed by atoms with Gasteiger partial charge in [-0.05, 0) is 48.4 Å². The molecular weight excluding hydrogens is 408 g/mol. The molecule has 8 heteroatoms. The van der Waals surface area contributed by atoms with Gasteiger partial charge in [-0.15, -0.1) is 11.3 Å². The number of likely N-dealkylation sites (tertiary alicyclic amines) is 1. The molecule has 1 amide bonds. The molecule has 0 N–H and O–H groups in total. The van der Waals surface area contributed by atoms with Gasteiger partial charge in [0.15, 0.2) is 0 Å². The molecule has 2 fully saturated rings. The minimum atomic E-state index is -3.42. The first kappa shape index (κ1) is 20.4. The van der Waals surface area contributed by atoms with Crippen molar-refractivity contribution in [1.29, 1.82) is 0 Å². The first-order valence-electron chi connectivity index (χ1n) is 9.95. The van der Waals surface area contributed by atoms with Crippen LogP contribution in [0.4, 0.5) is 0 Å². The summed E-state index contributed by atoms with van der Waals surface area (Å²) in [6, 6.07) is 11.5. The second kappa shape index (κ2) is 8.45. The molecule has 0 bridgehead atoms. The van der Waals surface area contributed by atoms with Gasteiger partial charge in [0.2, 0.25) is 5.91 Å². The van der Waals surface area contributed by atoms with Crippen LogP contribution in [0, 0.1) is 5.92 Å². The molecule has 2 saturated heterocycles. The van der Waals surface area contributed by atoms with Gasteiger partial charge in [-0.3, -0.25) is 4.79 Å². The Morgan fingerprint density at radius 2 is 1.79 bits per heavy atom. The van der Waals surface area contributed by atoms with E-state index in [1.54, 1.807) is 24.6 Å². The molecule has 0 aliphatic carbocycles. The highest BCUT2D eigenvalue weighted by Gasteiger charge is 2.36. The molecule has 4 rings (SSSR count). The number of hydrogen-bond donors (Lipinski definition) is 0. The number of nitrogens with zero attached hydrogens (tertiary/aromatic N) is 2. The fourth-order valence-electron chi connectivity index (χ4n) is 4.25. The first-order chi connectivity index (χ1) is 14.0. The van der Waals surface area contributed by atoms with Crippen molar-refractivity contribution in [2.75, 3.05) is 33.3 Å². The van der Waals surface area contributed by atoms with Crippen LogP contribution >= 0.6 is 11.3 Å². The van der Waals surface area contributed by atoms with Crippen molar-refractivity contribution in [2.45, 2.75) is 29.4 Å². The maximum absolute atomic E-state index is 13.0. The van der Waals surface area contributed by atoms with Gasteiger partial charge in [-0.1, -0.05) is 18.2 Å². The number of sulfonamides is 1. The van der Waals surface area contributed by atoms with Gasteiger partial charge >= 0.3 is 0 Å². The maximum Gasteiger partial charge on any atom is 0.252 e. The maximum atomic E-state index is 13.0. The molecule has 0 radical (unpaired) electrons. The SMILES string of the molecule is COc1ccc(C2CCN(C(=O)C3CCN(S(=O)(=O)c4cccs4)CC3)C2)cc1. The van der Waals surface area contributed by atoms with Crippen LogP contribution in [0.5, 0.6) is 5.75 Å². The number of piperidine rings is 1. The van der Waals surface area contributed by atoms with Crippen molar-refractivity contribution < 1.29 is 17.9 Å². The average molecular weight is 435 g/mol. The number of carbonyl (C=O) groups is 1. The molecule has 2 aromatic rings. The van der Waals surface area contributed by atoms with Crippen LogP contribution in [-0.2, 0) is 14.8 Å². The molecule has 1 atom stereocenters. The fourth-order valence-corrected chi connectivity index (χ4v) is 6.86. The normalized spacial score (nSPS) is 21.4. The topological polar surface area (TPSA) is 66.9 Å². The van der Waals surface area contributed by atoms with Crippen LogP contribution in [0.2, 0.25) is 0 Å². The molecule has 2 aliphatic rings. The van der Waals surface area contributed by atoms with Crippen molar-refractivity contribution in [1.82, 2.24) is 9.21 Å². The second-order valence-corrected chi connectivity index (χ2v) is 10.8. The van der Waals surface area contributed by atoms with Gasteiger partial charge in [-0.2, -0.15) is 4.31 Å². The smallest absolute Gasteiger partial charge is 0.252 e. The molecule has 1 aromatic heterocycles. The lowest BCUT2D eigenvalue weighted by Gasteiger charge is -2.32. The van der Waals surface area contributed by atoms with Gasteiger partial charge in [0.1, 0.15) is 9.96 Å². The lowest BCUT2D eigenvalue weighted by atomic mass is 9.96. The summed E-state index contributed by atoms with van der Waals surface area (Å²) in [7, 11) is -1.77. The molecule has 3 heterocycles. The van der Waals surface area contributed by atoms with Crippen LogP contribution in [-0.4, -0.2) is 56.8 Å². The Hall–Kier alpha value is -1.90.